The summed E-state index contributed by atoms with van der Waals surface area (Å²) in [6, 6.07) is 5.85. The third kappa shape index (κ3) is 4.65. The van der Waals surface area contributed by atoms with Gasteiger partial charge in [-0.25, -0.2) is 0 Å². The molecule has 0 aliphatic carbocycles. The van der Waals surface area contributed by atoms with Gasteiger partial charge in [0, 0.05) is 18.7 Å². The van der Waals surface area contributed by atoms with Crippen molar-refractivity contribution in [3.8, 4) is 11.5 Å². The van der Waals surface area contributed by atoms with Gasteiger partial charge in [0.25, 0.3) is 0 Å². The van der Waals surface area contributed by atoms with Crippen LogP contribution in [-0.4, -0.2) is 20.8 Å². The van der Waals surface area contributed by atoms with E-state index in [1.807, 2.05) is 18.2 Å². The molecule has 0 spiro atoms. The summed E-state index contributed by atoms with van der Waals surface area (Å²) in [5.41, 5.74) is 1.41. The highest BCUT2D eigenvalue weighted by Crippen LogP contribution is 2.24. The molecule has 0 fully saturated rings. The third-order valence-electron chi connectivity index (χ3n) is 2.46. The van der Waals surface area contributed by atoms with Crippen molar-refractivity contribution >= 4 is 0 Å². The van der Waals surface area contributed by atoms with Crippen LogP contribution in [0.3, 0.4) is 0 Å². The van der Waals surface area contributed by atoms with Crippen LogP contribution in [0.1, 0.15) is 26.3 Å². The highest BCUT2D eigenvalue weighted by atomic mass is 16.5. The average Bonchev–Trinajstić information content (AvgIpc) is 2.27. The minimum absolute atomic E-state index is 0.284. The van der Waals surface area contributed by atoms with Gasteiger partial charge in [0.05, 0.1) is 14.2 Å². The van der Waals surface area contributed by atoms with Crippen molar-refractivity contribution < 1.29 is 9.47 Å². The topological polar surface area (TPSA) is 30.5 Å². The van der Waals surface area contributed by atoms with Crippen LogP contribution in [0.15, 0.2) is 18.2 Å². The average molecular weight is 237 g/mol. The Kier molecular flexibility index (Phi) is 4.82. The van der Waals surface area contributed by atoms with Crippen molar-refractivity contribution in [1.82, 2.24) is 5.32 Å². The quantitative estimate of drug-likeness (QED) is 0.854. The van der Waals surface area contributed by atoms with Crippen molar-refractivity contribution in [2.75, 3.05) is 20.8 Å². The molecule has 0 bridgehead atoms. The molecule has 1 N–H and O–H groups in total. The highest BCUT2D eigenvalue weighted by molar-refractivity contribution is 5.40. The van der Waals surface area contributed by atoms with Gasteiger partial charge in [-0.05, 0) is 23.6 Å². The molecule has 1 aromatic carbocycles. The second kappa shape index (κ2) is 5.92. The standard InChI is InChI=1S/C14H23NO2/c1-14(2,3)10-15-9-11-8-12(16-4)6-7-13(11)17-5/h6-8,15H,9-10H2,1-5H3. The number of benzene rings is 1. The molecule has 1 rings (SSSR count). The van der Waals surface area contributed by atoms with E-state index in [9.17, 15) is 0 Å². The second-order valence-electron chi connectivity index (χ2n) is 5.34. The Labute approximate surface area is 104 Å². The Bertz CT molecular complexity index is 356. The lowest BCUT2D eigenvalue weighted by Crippen LogP contribution is -2.26. The van der Waals surface area contributed by atoms with E-state index in [1.165, 1.54) is 0 Å². The second-order valence-corrected chi connectivity index (χ2v) is 5.34. The van der Waals surface area contributed by atoms with Crippen LogP contribution in [0.2, 0.25) is 0 Å². The summed E-state index contributed by atoms with van der Waals surface area (Å²) in [7, 11) is 3.36. The molecule has 1 aromatic rings. The summed E-state index contributed by atoms with van der Waals surface area (Å²) in [4.78, 5) is 0. The van der Waals surface area contributed by atoms with Gasteiger partial charge in [-0.15, -0.1) is 0 Å². The summed E-state index contributed by atoms with van der Waals surface area (Å²) < 4.78 is 10.6. The number of ether oxygens (including phenoxy) is 2. The molecule has 3 heteroatoms. The zero-order chi connectivity index (χ0) is 12.9. The summed E-state index contributed by atoms with van der Waals surface area (Å²) in [5, 5.41) is 3.43. The predicted octanol–water partition coefficient (Wildman–Crippen LogP) is 2.84. The van der Waals surface area contributed by atoms with E-state index in [1.54, 1.807) is 14.2 Å². The molecule has 0 saturated heterocycles. The van der Waals surface area contributed by atoms with Crippen molar-refractivity contribution in [1.29, 1.82) is 0 Å². The molecule has 3 nitrogen and oxygen atoms in total. The van der Waals surface area contributed by atoms with E-state index in [4.69, 9.17) is 9.47 Å². The van der Waals surface area contributed by atoms with E-state index < -0.39 is 0 Å². The zero-order valence-electron chi connectivity index (χ0n) is 11.5. The van der Waals surface area contributed by atoms with E-state index >= 15 is 0 Å². The van der Waals surface area contributed by atoms with E-state index in [-0.39, 0.29) is 5.41 Å². The number of hydrogen-bond acceptors (Lipinski definition) is 3. The normalized spacial score (nSPS) is 11.4. The van der Waals surface area contributed by atoms with Gasteiger partial charge in [0.2, 0.25) is 0 Å². The molecular formula is C14H23NO2. The van der Waals surface area contributed by atoms with Crippen molar-refractivity contribution in [3.63, 3.8) is 0 Å². The van der Waals surface area contributed by atoms with Crippen LogP contribution in [0, 0.1) is 5.41 Å². The largest absolute Gasteiger partial charge is 0.497 e. The van der Waals surface area contributed by atoms with Crippen molar-refractivity contribution in [2.24, 2.45) is 5.41 Å². The Hall–Kier alpha value is -1.22. The first-order chi connectivity index (χ1) is 7.96. The van der Waals surface area contributed by atoms with Crippen LogP contribution < -0.4 is 14.8 Å². The van der Waals surface area contributed by atoms with Crippen LogP contribution >= 0.6 is 0 Å². The molecule has 0 radical (unpaired) electrons. The smallest absolute Gasteiger partial charge is 0.123 e. The molecular weight excluding hydrogens is 214 g/mol. The molecule has 96 valence electrons. The van der Waals surface area contributed by atoms with Gasteiger partial charge in [0.1, 0.15) is 11.5 Å². The lowest BCUT2D eigenvalue weighted by molar-refractivity contribution is 0.371. The van der Waals surface area contributed by atoms with Gasteiger partial charge < -0.3 is 14.8 Å². The maximum Gasteiger partial charge on any atom is 0.123 e. The fraction of sp³-hybridized carbons (Fsp3) is 0.571. The minimum Gasteiger partial charge on any atom is -0.497 e. The molecule has 17 heavy (non-hydrogen) atoms. The molecule has 0 heterocycles. The monoisotopic (exact) mass is 237 g/mol. The van der Waals surface area contributed by atoms with Crippen LogP contribution in [0.5, 0.6) is 11.5 Å². The first kappa shape index (κ1) is 13.8. The molecule has 0 aromatic heterocycles. The van der Waals surface area contributed by atoms with Gasteiger partial charge in [-0.3, -0.25) is 0 Å². The predicted molar refractivity (Wildman–Crippen MR) is 70.7 cm³/mol. The molecule has 0 unspecified atom stereocenters. The molecule has 0 atom stereocenters. The number of methoxy groups -OCH3 is 2. The highest BCUT2D eigenvalue weighted by Gasteiger charge is 2.10. The minimum atomic E-state index is 0.284. The molecule has 0 aliphatic heterocycles. The molecule has 0 aliphatic rings. The maximum atomic E-state index is 5.33. The molecule has 0 amide bonds. The first-order valence-corrected chi connectivity index (χ1v) is 5.88. The SMILES string of the molecule is COc1ccc(OC)c(CNCC(C)(C)C)c1. The van der Waals surface area contributed by atoms with Gasteiger partial charge in [0.15, 0.2) is 0 Å². The molecule has 0 saturated carbocycles. The van der Waals surface area contributed by atoms with Crippen LogP contribution in [-0.2, 0) is 6.54 Å². The lowest BCUT2D eigenvalue weighted by atomic mass is 9.97. The van der Waals surface area contributed by atoms with Crippen molar-refractivity contribution in [2.45, 2.75) is 27.3 Å². The van der Waals surface area contributed by atoms with E-state index in [0.717, 1.165) is 30.2 Å². The zero-order valence-corrected chi connectivity index (χ0v) is 11.5. The van der Waals surface area contributed by atoms with Gasteiger partial charge >= 0.3 is 0 Å². The van der Waals surface area contributed by atoms with E-state index in [0.29, 0.717) is 0 Å². The Balaban J connectivity index is 2.68. The van der Waals surface area contributed by atoms with E-state index in [2.05, 4.69) is 26.1 Å². The lowest BCUT2D eigenvalue weighted by Gasteiger charge is -2.19. The summed E-state index contributed by atoms with van der Waals surface area (Å²) in [5.74, 6) is 1.76. The van der Waals surface area contributed by atoms with Gasteiger partial charge in [-0.1, -0.05) is 20.8 Å². The maximum absolute atomic E-state index is 5.33. The first-order valence-electron chi connectivity index (χ1n) is 5.88. The summed E-state index contributed by atoms with van der Waals surface area (Å²) in [6.45, 7) is 8.39. The third-order valence-corrected chi connectivity index (χ3v) is 2.46. The summed E-state index contributed by atoms with van der Waals surface area (Å²) in [6.07, 6.45) is 0. The Morgan fingerprint density at radius 2 is 1.82 bits per heavy atom. The fourth-order valence-electron chi connectivity index (χ4n) is 1.59. The number of rotatable bonds is 5. The number of hydrogen-bond donors (Lipinski definition) is 1. The Morgan fingerprint density at radius 1 is 1.12 bits per heavy atom. The van der Waals surface area contributed by atoms with Gasteiger partial charge in [-0.2, -0.15) is 0 Å². The summed E-state index contributed by atoms with van der Waals surface area (Å²) >= 11 is 0. The van der Waals surface area contributed by atoms with Crippen molar-refractivity contribution in [3.05, 3.63) is 23.8 Å². The van der Waals surface area contributed by atoms with Crippen LogP contribution in [0.4, 0.5) is 0 Å². The Morgan fingerprint density at radius 3 is 2.35 bits per heavy atom. The number of nitrogens with one attached hydrogen (secondary N) is 1. The fourth-order valence-corrected chi connectivity index (χ4v) is 1.59. The van der Waals surface area contributed by atoms with Crippen LogP contribution in [0.25, 0.3) is 0 Å².